The van der Waals surface area contributed by atoms with E-state index in [1.165, 1.54) is 14.1 Å². The minimum absolute atomic E-state index is 0.0785. The molecule has 1 aromatic heterocycles. The lowest BCUT2D eigenvalue weighted by molar-refractivity contribution is -0.132. The molecule has 9 heteroatoms. The molecule has 3 rings (SSSR count). The summed E-state index contributed by atoms with van der Waals surface area (Å²) >= 11 is 5.20. The van der Waals surface area contributed by atoms with Crippen molar-refractivity contribution in [3.63, 3.8) is 0 Å². The number of carbonyl (C=O) groups excluding carboxylic acids is 1. The van der Waals surface area contributed by atoms with Crippen molar-refractivity contribution in [1.82, 2.24) is 14.1 Å². The van der Waals surface area contributed by atoms with Gasteiger partial charge in [0.05, 0.1) is 11.8 Å². The van der Waals surface area contributed by atoms with Crippen LogP contribution in [0.25, 0.3) is 0 Å². The van der Waals surface area contributed by atoms with E-state index in [0.717, 1.165) is 24.3 Å². The van der Waals surface area contributed by atoms with Gasteiger partial charge in [-0.15, -0.1) is 0 Å². The highest BCUT2D eigenvalue weighted by atomic mass is 32.1. The summed E-state index contributed by atoms with van der Waals surface area (Å²) in [5, 5.41) is 16.5. The molecule has 1 aromatic carbocycles. The Hall–Kier alpha value is -2.94. The number of hydrogen-bond donors (Lipinski definition) is 1. The average Bonchev–Trinajstić information content (AvgIpc) is 3.22. The average molecular weight is 444 g/mol. The highest BCUT2D eigenvalue weighted by Gasteiger charge is 2.35. The van der Waals surface area contributed by atoms with E-state index >= 15 is 0 Å². The van der Waals surface area contributed by atoms with Crippen molar-refractivity contribution in [3.05, 3.63) is 50.5 Å². The number of aromatic nitrogens is 2. The number of benzene rings is 1. The van der Waals surface area contributed by atoms with Crippen LogP contribution in [0, 0.1) is 4.77 Å². The maximum Gasteiger partial charge on any atom is 0.267 e. The van der Waals surface area contributed by atoms with Gasteiger partial charge in [0.2, 0.25) is 11.8 Å². The lowest BCUT2D eigenvalue weighted by atomic mass is 9.98. The maximum absolute atomic E-state index is 12.9. The summed E-state index contributed by atoms with van der Waals surface area (Å²) in [6.07, 6.45) is 0.615. The van der Waals surface area contributed by atoms with Gasteiger partial charge >= 0.3 is 0 Å². The Kier molecular flexibility index (Phi) is 6.64. The molecule has 0 aliphatic carbocycles. The van der Waals surface area contributed by atoms with Crippen molar-refractivity contribution in [2.75, 3.05) is 18.0 Å². The summed E-state index contributed by atoms with van der Waals surface area (Å²) in [7, 11) is 3.15. The summed E-state index contributed by atoms with van der Waals surface area (Å²) in [6, 6.07) is 7.73. The summed E-state index contributed by atoms with van der Waals surface area (Å²) in [6.45, 7) is 7.81. The number of hydrogen-bond acceptors (Lipinski definition) is 6. The van der Waals surface area contributed by atoms with Crippen LogP contribution in [0.2, 0.25) is 0 Å². The van der Waals surface area contributed by atoms with E-state index in [0.29, 0.717) is 12.1 Å². The van der Waals surface area contributed by atoms with E-state index < -0.39 is 5.56 Å². The smallest absolute Gasteiger partial charge is 0.267 e. The van der Waals surface area contributed by atoms with Crippen LogP contribution in [0.3, 0.4) is 0 Å². The van der Waals surface area contributed by atoms with Gasteiger partial charge in [-0.05, 0) is 43.8 Å². The predicted octanol–water partition coefficient (Wildman–Crippen LogP) is 3.09. The molecule has 0 saturated heterocycles. The zero-order chi connectivity index (χ0) is 22.9. The van der Waals surface area contributed by atoms with Gasteiger partial charge in [0.1, 0.15) is 5.56 Å². The number of anilines is 1. The van der Waals surface area contributed by atoms with E-state index in [-0.39, 0.29) is 34.6 Å². The number of carbonyl (C=O) groups is 1. The van der Waals surface area contributed by atoms with Crippen LogP contribution in [0.5, 0.6) is 5.88 Å². The molecule has 1 unspecified atom stereocenters. The van der Waals surface area contributed by atoms with Crippen molar-refractivity contribution in [1.29, 1.82) is 0 Å². The lowest BCUT2D eigenvalue weighted by Crippen LogP contribution is -2.28. The third-order valence-electron chi connectivity index (χ3n) is 5.80. The minimum Gasteiger partial charge on any atom is -0.494 e. The fourth-order valence-electron chi connectivity index (χ4n) is 3.89. The Balaban J connectivity index is 2.04. The lowest BCUT2D eigenvalue weighted by Gasteiger charge is -2.24. The molecule has 0 spiro atoms. The molecule has 166 valence electrons. The zero-order valence-corrected chi connectivity index (χ0v) is 19.4. The second-order valence-corrected chi connectivity index (χ2v) is 7.89. The second kappa shape index (κ2) is 9.05. The first-order valence-corrected chi connectivity index (χ1v) is 10.9. The molecule has 31 heavy (non-hydrogen) atoms. The van der Waals surface area contributed by atoms with Crippen molar-refractivity contribution in [2.24, 2.45) is 19.2 Å². The molecule has 8 nitrogen and oxygen atoms in total. The van der Waals surface area contributed by atoms with Gasteiger partial charge in [-0.1, -0.05) is 19.1 Å². The SMILES string of the molecule is CCC(=O)N1N=C(c2c(O)n(C)c(=S)n(C)c2=O)CC1c1ccc(N(CC)CC)cc1. The van der Waals surface area contributed by atoms with Gasteiger partial charge in [-0.25, -0.2) is 5.01 Å². The summed E-state index contributed by atoms with van der Waals surface area (Å²) in [5.41, 5.74) is 2.07. The van der Waals surface area contributed by atoms with Gasteiger partial charge in [-0.2, -0.15) is 5.10 Å². The van der Waals surface area contributed by atoms with Crippen molar-refractivity contribution >= 4 is 29.5 Å². The Morgan fingerprint density at radius 3 is 2.32 bits per heavy atom. The molecule has 1 aliphatic heterocycles. The van der Waals surface area contributed by atoms with Crippen molar-refractivity contribution in [2.45, 2.75) is 39.7 Å². The molecule has 0 radical (unpaired) electrons. The molecular weight excluding hydrogens is 414 g/mol. The van der Waals surface area contributed by atoms with Crippen LogP contribution in [-0.4, -0.2) is 44.0 Å². The highest BCUT2D eigenvalue weighted by molar-refractivity contribution is 7.71. The van der Waals surface area contributed by atoms with Crippen molar-refractivity contribution < 1.29 is 9.90 Å². The first-order valence-electron chi connectivity index (χ1n) is 10.5. The monoisotopic (exact) mass is 443 g/mol. The molecule has 1 N–H and O–H groups in total. The largest absolute Gasteiger partial charge is 0.494 e. The van der Waals surface area contributed by atoms with E-state index in [2.05, 4.69) is 23.8 Å². The van der Waals surface area contributed by atoms with E-state index in [9.17, 15) is 14.7 Å². The topological polar surface area (TPSA) is 83.1 Å². The van der Waals surface area contributed by atoms with Gasteiger partial charge in [0.15, 0.2) is 4.77 Å². The molecule has 0 fully saturated rings. The normalized spacial score (nSPS) is 15.8. The molecular formula is C22H29N5O3S. The highest BCUT2D eigenvalue weighted by Crippen LogP contribution is 2.35. The fourth-order valence-corrected chi connectivity index (χ4v) is 4.06. The first-order chi connectivity index (χ1) is 14.7. The molecule has 0 bridgehead atoms. The molecule has 1 atom stereocenters. The molecule has 1 aliphatic rings. The third kappa shape index (κ3) is 4.01. The molecule has 2 heterocycles. The van der Waals surface area contributed by atoms with Crippen LogP contribution < -0.4 is 10.5 Å². The van der Waals surface area contributed by atoms with Crippen LogP contribution in [0.15, 0.2) is 34.2 Å². The minimum atomic E-state index is -0.430. The number of aromatic hydroxyl groups is 1. The van der Waals surface area contributed by atoms with Gasteiger partial charge < -0.3 is 10.0 Å². The predicted molar refractivity (Wildman–Crippen MR) is 124 cm³/mol. The van der Waals surface area contributed by atoms with Crippen LogP contribution in [0.4, 0.5) is 5.69 Å². The zero-order valence-electron chi connectivity index (χ0n) is 18.6. The standard InChI is InChI=1S/C22H29N5O3S/c1-6-18(28)27-17(14-9-11-15(12-10-14)26(7-2)8-3)13-16(23-27)19-20(29)24(4)22(31)25(5)21(19)30/h9-12,17,29H,6-8,13H2,1-5H3. The maximum atomic E-state index is 12.9. The summed E-state index contributed by atoms with van der Waals surface area (Å²) in [4.78, 5) is 27.7. The third-order valence-corrected chi connectivity index (χ3v) is 6.34. The summed E-state index contributed by atoms with van der Waals surface area (Å²) < 4.78 is 2.87. The van der Waals surface area contributed by atoms with Gasteiger partial charge in [0.25, 0.3) is 5.56 Å². The molecule has 0 saturated carbocycles. The Labute approximate surface area is 187 Å². The number of rotatable bonds is 6. The number of nitrogens with zero attached hydrogens (tertiary/aromatic N) is 5. The Morgan fingerprint density at radius 1 is 1.16 bits per heavy atom. The molecule has 1 amide bonds. The fraction of sp³-hybridized carbons (Fsp3) is 0.455. The van der Waals surface area contributed by atoms with E-state index in [1.54, 1.807) is 21.0 Å². The van der Waals surface area contributed by atoms with Crippen LogP contribution in [0.1, 0.15) is 50.8 Å². The Morgan fingerprint density at radius 2 is 1.77 bits per heavy atom. The van der Waals surface area contributed by atoms with E-state index in [1.807, 2.05) is 24.3 Å². The second-order valence-electron chi connectivity index (χ2n) is 7.53. The summed E-state index contributed by atoms with van der Waals surface area (Å²) in [5.74, 6) is -0.387. The molecule has 2 aromatic rings. The van der Waals surface area contributed by atoms with Gasteiger partial charge in [0, 0.05) is 45.7 Å². The van der Waals surface area contributed by atoms with Crippen LogP contribution in [-0.2, 0) is 18.9 Å². The Bertz CT molecular complexity index is 1130. The number of hydrazone groups is 1. The van der Waals surface area contributed by atoms with E-state index in [4.69, 9.17) is 12.2 Å². The quantitative estimate of drug-likeness (QED) is 0.694. The van der Waals surface area contributed by atoms with Crippen LogP contribution >= 0.6 is 12.2 Å². The van der Waals surface area contributed by atoms with Gasteiger partial charge in [-0.3, -0.25) is 18.7 Å². The number of amides is 1. The van der Waals surface area contributed by atoms with Crippen molar-refractivity contribution in [3.8, 4) is 5.88 Å². The first kappa shape index (κ1) is 22.7.